The van der Waals surface area contributed by atoms with E-state index in [1.165, 1.54) is 18.9 Å². The van der Waals surface area contributed by atoms with Gasteiger partial charge in [0.05, 0.1) is 12.7 Å². The van der Waals surface area contributed by atoms with Crippen LogP contribution < -0.4 is 10.7 Å². The zero-order chi connectivity index (χ0) is 16.7. The van der Waals surface area contributed by atoms with Gasteiger partial charge in [-0.2, -0.15) is 5.10 Å². The van der Waals surface area contributed by atoms with Crippen LogP contribution in [0.25, 0.3) is 0 Å². The Labute approximate surface area is 141 Å². The van der Waals surface area contributed by atoms with Gasteiger partial charge in [0.1, 0.15) is 5.04 Å². The molecule has 4 rings (SSSR count). The SMILES string of the molecule is COC(=O)c1ccc2c(c1)C1(NN=C(c3cccnc3)S1)C(=O)N2. The first-order chi connectivity index (χ1) is 11.6. The number of hydrogen-bond acceptors (Lipinski definition) is 7. The van der Waals surface area contributed by atoms with Gasteiger partial charge in [-0.1, -0.05) is 11.8 Å². The van der Waals surface area contributed by atoms with Crippen molar-refractivity contribution < 1.29 is 14.3 Å². The van der Waals surface area contributed by atoms with Gasteiger partial charge in [-0.3, -0.25) is 15.2 Å². The highest BCUT2D eigenvalue weighted by Gasteiger charge is 2.52. The standard InChI is InChI=1S/C16H12N4O3S/c1-23-14(21)9-4-5-12-11(7-9)16(15(22)18-12)20-19-13(24-16)10-3-2-6-17-8-10/h2-8,20H,1H3,(H,18,22). The van der Waals surface area contributed by atoms with Crippen LogP contribution in [-0.2, 0) is 14.4 Å². The van der Waals surface area contributed by atoms with Crippen LogP contribution in [0.5, 0.6) is 0 Å². The Balaban J connectivity index is 1.74. The quantitative estimate of drug-likeness (QED) is 0.808. The number of fused-ring (bicyclic) bond motifs is 2. The summed E-state index contributed by atoms with van der Waals surface area (Å²) < 4.78 is 4.76. The van der Waals surface area contributed by atoms with Gasteiger partial charge >= 0.3 is 5.97 Å². The summed E-state index contributed by atoms with van der Waals surface area (Å²) in [5.74, 6) is -0.684. The third-order valence-corrected chi connectivity index (χ3v) is 5.18. The second-order valence-corrected chi connectivity index (χ2v) is 6.46. The van der Waals surface area contributed by atoms with Crippen molar-refractivity contribution in [2.24, 2.45) is 5.10 Å². The number of pyridine rings is 1. The van der Waals surface area contributed by atoms with Crippen molar-refractivity contribution in [3.05, 3.63) is 59.4 Å². The number of nitrogens with one attached hydrogen (secondary N) is 2. The zero-order valence-corrected chi connectivity index (χ0v) is 13.4. The number of methoxy groups -OCH3 is 1. The average Bonchev–Trinajstić information content (AvgIpc) is 3.19. The Kier molecular flexibility index (Phi) is 3.27. The number of hydrazone groups is 1. The number of rotatable bonds is 2. The number of esters is 1. The molecule has 1 aromatic heterocycles. The minimum Gasteiger partial charge on any atom is -0.465 e. The minimum atomic E-state index is -1.09. The van der Waals surface area contributed by atoms with Crippen molar-refractivity contribution in [1.29, 1.82) is 0 Å². The Morgan fingerprint density at radius 3 is 2.96 bits per heavy atom. The zero-order valence-electron chi connectivity index (χ0n) is 12.6. The van der Waals surface area contributed by atoms with E-state index in [4.69, 9.17) is 4.74 Å². The lowest BCUT2D eigenvalue weighted by molar-refractivity contribution is -0.118. The lowest BCUT2D eigenvalue weighted by Crippen LogP contribution is -2.39. The number of carbonyl (C=O) groups is 2. The summed E-state index contributed by atoms with van der Waals surface area (Å²) in [6, 6.07) is 8.64. The normalized spacial score (nSPS) is 21.0. The molecule has 0 saturated heterocycles. The van der Waals surface area contributed by atoms with Gasteiger partial charge in [0.15, 0.2) is 0 Å². The van der Waals surface area contributed by atoms with Crippen LogP contribution in [0.3, 0.4) is 0 Å². The van der Waals surface area contributed by atoms with E-state index in [1.807, 2.05) is 6.07 Å². The fraction of sp³-hybridized carbons (Fsp3) is 0.125. The van der Waals surface area contributed by atoms with Crippen molar-refractivity contribution in [3.8, 4) is 0 Å². The molecule has 2 N–H and O–H groups in total. The number of anilines is 1. The first-order valence-corrected chi connectivity index (χ1v) is 7.94. The smallest absolute Gasteiger partial charge is 0.337 e. The summed E-state index contributed by atoms with van der Waals surface area (Å²) in [5, 5.41) is 7.78. The monoisotopic (exact) mass is 340 g/mol. The molecule has 8 heteroatoms. The maximum absolute atomic E-state index is 12.6. The van der Waals surface area contributed by atoms with E-state index in [0.29, 0.717) is 21.9 Å². The fourth-order valence-electron chi connectivity index (χ4n) is 2.67. The van der Waals surface area contributed by atoms with Crippen LogP contribution in [0.15, 0.2) is 47.8 Å². The second kappa shape index (κ2) is 5.34. The molecule has 24 heavy (non-hydrogen) atoms. The molecular formula is C16H12N4O3S. The summed E-state index contributed by atoms with van der Waals surface area (Å²) >= 11 is 1.29. The number of thioether (sulfide) groups is 1. The van der Waals surface area contributed by atoms with Crippen LogP contribution in [0.2, 0.25) is 0 Å². The largest absolute Gasteiger partial charge is 0.465 e. The lowest BCUT2D eigenvalue weighted by atomic mass is 10.0. The molecule has 120 valence electrons. The first-order valence-electron chi connectivity index (χ1n) is 7.12. The van der Waals surface area contributed by atoms with E-state index in [-0.39, 0.29) is 5.91 Å². The van der Waals surface area contributed by atoms with Crippen molar-refractivity contribution in [2.75, 3.05) is 12.4 Å². The van der Waals surface area contributed by atoms with Crippen molar-refractivity contribution in [1.82, 2.24) is 10.4 Å². The molecule has 0 aliphatic carbocycles. The molecule has 0 saturated carbocycles. The number of carbonyl (C=O) groups excluding carboxylic acids is 2. The third kappa shape index (κ3) is 2.07. The van der Waals surface area contributed by atoms with Gasteiger partial charge in [0.2, 0.25) is 4.87 Å². The Bertz CT molecular complexity index is 884. The van der Waals surface area contributed by atoms with Crippen molar-refractivity contribution in [3.63, 3.8) is 0 Å². The molecule has 2 aliphatic rings. The highest BCUT2D eigenvalue weighted by atomic mass is 32.2. The van der Waals surface area contributed by atoms with E-state index in [2.05, 4.69) is 20.8 Å². The van der Waals surface area contributed by atoms with Crippen molar-refractivity contribution in [2.45, 2.75) is 4.87 Å². The van der Waals surface area contributed by atoms with E-state index in [0.717, 1.165) is 5.56 Å². The minimum absolute atomic E-state index is 0.229. The van der Waals surface area contributed by atoms with Gasteiger partial charge in [-0.05, 0) is 30.3 Å². The molecular weight excluding hydrogens is 328 g/mol. The predicted molar refractivity (Wildman–Crippen MR) is 89.6 cm³/mol. The number of nitrogens with zero attached hydrogens (tertiary/aromatic N) is 2. The van der Waals surface area contributed by atoms with Gasteiger partial charge in [-0.15, -0.1) is 0 Å². The fourth-order valence-corrected chi connectivity index (χ4v) is 3.80. The van der Waals surface area contributed by atoms with Gasteiger partial charge in [0.25, 0.3) is 5.91 Å². The summed E-state index contributed by atoms with van der Waals surface area (Å²) in [5.41, 5.74) is 5.43. The molecule has 1 aromatic carbocycles. The molecule has 7 nitrogen and oxygen atoms in total. The molecule has 3 heterocycles. The Morgan fingerprint density at radius 2 is 2.21 bits per heavy atom. The molecule has 1 atom stereocenters. The highest BCUT2D eigenvalue weighted by Crippen LogP contribution is 2.48. The number of amides is 1. The Hall–Kier alpha value is -2.87. The molecule has 2 aliphatic heterocycles. The molecule has 0 radical (unpaired) electrons. The summed E-state index contributed by atoms with van der Waals surface area (Å²) in [4.78, 5) is 27.4. The Morgan fingerprint density at radius 1 is 1.33 bits per heavy atom. The topological polar surface area (TPSA) is 92.7 Å². The van der Waals surface area contributed by atoms with E-state index < -0.39 is 10.8 Å². The van der Waals surface area contributed by atoms with Crippen LogP contribution in [0.1, 0.15) is 21.5 Å². The number of hydrogen-bond donors (Lipinski definition) is 2. The third-order valence-electron chi connectivity index (χ3n) is 3.86. The molecule has 2 aromatic rings. The maximum Gasteiger partial charge on any atom is 0.337 e. The summed E-state index contributed by atoms with van der Waals surface area (Å²) in [7, 11) is 1.32. The van der Waals surface area contributed by atoms with Gasteiger partial charge < -0.3 is 10.1 Å². The molecule has 0 bridgehead atoms. The summed E-state index contributed by atoms with van der Waals surface area (Å²) in [6.07, 6.45) is 3.36. The van der Waals surface area contributed by atoms with E-state index >= 15 is 0 Å². The second-order valence-electron chi connectivity index (χ2n) is 5.26. The first kappa shape index (κ1) is 14.7. The molecule has 0 fully saturated rings. The number of ether oxygens (including phenoxy) is 1. The van der Waals surface area contributed by atoms with Gasteiger partial charge in [0, 0.05) is 29.2 Å². The number of benzene rings is 1. The molecule has 1 spiro atoms. The van der Waals surface area contributed by atoms with E-state index in [1.54, 1.807) is 36.7 Å². The van der Waals surface area contributed by atoms with Crippen LogP contribution in [0, 0.1) is 0 Å². The lowest BCUT2D eigenvalue weighted by Gasteiger charge is -2.20. The maximum atomic E-state index is 12.6. The van der Waals surface area contributed by atoms with Gasteiger partial charge in [-0.25, -0.2) is 4.79 Å². The van der Waals surface area contributed by atoms with E-state index in [9.17, 15) is 9.59 Å². The summed E-state index contributed by atoms with van der Waals surface area (Å²) in [6.45, 7) is 0. The van der Waals surface area contributed by atoms with Crippen LogP contribution in [0.4, 0.5) is 5.69 Å². The number of aromatic nitrogens is 1. The predicted octanol–water partition coefficient (Wildman–Crippen LogP) is 1.67. The van der Waals surface area contributed by atoms with Crippen LogP contribution >= 0.6 is 11.8 Å². The van der Waals surface area contributed by atoms with Crippen LogP contribution in [-0.4, -0.2) is 29.0 Å². The van der Waals surface area contributed by atoms with Crippen molar-refractivity contribution >= 4 is 34.4 Å². The average molecular weight is 340 g/mol. The highest BCUT2D eigenvalue weighted by molar-refractivity contribution is 8.16. The molecule has 1 unspecified atom stereocenters. The molecule has 1 amide bonds.